The van der Waals surface area contributed by atoms with E-state index in [1.54, 1.807) is 50.1 Å². The van der Waals surface area contributed by atoms with Gasteiger partial charge in [-0.2, -0.15) is 0 Å². The molecule has 7 nitrogen and oxygen atoms in total. The summed E-state index contributed by atoms with van der Waals surface area (Å²) in [6, 6.07) is 6.88. The lowest BCUT2D eigenvalue weighted by Gasteiger charge is -2.23. The van der Waals surface area contributed by atoms with Crippen molar-refractivity contribution in [2.45, 2.75) is 54.5 Å². The van der Waals surface area contributed by atoms with E-state index in [-0.39, 0.29) is 24.8 Å². The second-order valence-electron chi connectivity index (χ2n) is 8.46. The van der Waals surface area contributed by atoms with E-state index in [9.17, 15) is 14.4 Å². The van der Waals surface area contributed by atoms with Gasteiger partial charge in [0.15, 0.2) is 5.78 Å². The van der Waals surface area contributed by atoms with Crippen molar-refractivity contribution in [3.05, 3.63) is 52.3 Å². The minimum Gasteiger partial charge on any atom is -0.497 e. The molecule has 0 N–H and O–H groups in total. The lowest BCUT2D eigenvalue weighted by molar-refractivity contribution is 0.0512. The summed E-state index contributed by atoms with van der Waals surface area (Å²) in [6.07, 6.45) is 0.775. The molecule has 0 aliphatic carbocycles. The molecule has 0 radical (unpaired) electrons. The third-order valence-corrected chi connectivity index (χ3v) is 5.77. The van der Waals surface area contributed by atoms with Crippen LogP contribution in [0.2, 0.25) is 0 Å². The molecule has 1 aromatic heterocycles. The number of carbonyl (C=O) groups is 3. The van der Waals surface area contributed by atoms with Crippen molar-refractivity contribution in [3.63, 3.8) is 0 Å². The van der Waals surface area contributed by atoms with Gasteiger partial charge in [-0.05, 0) is 69.9 Å². The highest BCUT2D eigenvalue weighted by atomic mass is 16.5. The molecule has 0 unspecified atom stereocenters. The van der Waals surface area contributed by atoms with E-state index in [2.05, 4.69) is 13.8 Å². The Labute approximate surface area is 196 Å². The minimum atomic E-state index is -0.440. The van der Waals surface area contributed by atoms with Gasteiger partial charge < -0.3 is 18.9 Å². The maximum Gasteiger partial charge on any atom is 0.355 e. The SMILES string of the molecule is CCOC(=O)c1c(C)c(C(=O)CN(CCC(C)C)C(=O)c2ccc(OC)cc2)c(C)n1CC. The summed E-state index contributed by atoms with van der Waals surface area (Å²) in [7, 11) is 1.57. The highest BCUT2D eigenvalue weighted by molar-refractivity contribution is 6.06. The molecular weight excluding hydrogens is 420 g/mol. The topological polar surface area (TPSA) is 77.8 Å². The molecule has 0 saturated heterocycles. The number of ether oxygens (including phenoxy) is 2. The Morgan fingerprint density at radius 3 is 2.21 bits per heavy atom. The van der Waals surface area contributed by atoms with Gasteiger partial charge in [0, 0.05) is 29.9 Å². The fourth-order valence-corrected chi connectivity index (χ4v) is 4.00. The van der Waals surface area contributed by atoms with Crippen molar-refractivity contribution in [2.24, 2.45) is 5.92 Å². The Balaban J connectivity index is 2.39. The molecule has 0 saturated carbocycles. The number of rotatable bonds is 11. The monoisotopic (exact) mass is 456 g/mol. The molecule has 1 heterocycles. The summed E-state index contributed by atoms with van der Waals surface area (Å²) in [5.41, 5.74) is 2.69. The summed E-state index contributed by atoms with van der Waals surface area (Å²) in [4.78, 5) is 40.9. The maximum absolute atomic E-state index is 13.5. The third kappa shape index (κ3) is 6.03. The van der Waals surface area contributed by atoms with Gasteiger partial charge >= 0.3 is 5.97 Å². The number of Topliss-reactive ketones (excluding diaryl/α,β-unsaturated/α-hetero) is 1. The Kier molecular flexibility index (Phi) is 9.26. The predicted octanol–water partition coefficient (Wildman–Crippen LogP) is 4.68. The summed E-state index contributed by atoms with van der Waals surface area (Å²) in [6.45, 7) is 12.6. The number of amides is 1. The minimum absolute atomic E-state index is 0.0603. The van der Waals surface area contributed by atoms with Crippen molar-refractivity contribution in [1.29, 1.82) is 0 Å². The van der Waals surface area contributed by atoms with E-state index in [0.717, 1.165) is 6.42 Å². The van der Waals surface area contributed by atoms with Crippen LogP contribution in [0.4, 0.5) is 0 Å². The lowest BCUT2D eigenvalue weighted by atomic mass is 10.0. The van der Waals surface area contributed by atoms with Crippen LogP contribution in [0.3, 0.4) is 0 Å². The van der Waals surface area contributed by atoms with Crippen LogP contribution in [0.25, 0.3) is 0 Å². The first-order valence-corrected chi connectivity index (χ1v) is 11.5. The zero-order valence-electron chi connectivity index (χ0n) is 20.9. The van der Waals surface area contributed by atoms with Crippen LogP contribution >= 0.6 is 0 Å². The first-order valence-electron chi connectivity index (χ1n) is 11.5. The average Bonchev–Trinajstić information content (AvgIpc) is 3.05. The quantitative estimate of drug-likeness (QED) is 0.362. The summed E-state index contributed by atoms with van der Waals surface area (Å²) in [5, 5.41) is 0. The van der Waals surface area contributed by atoms with Crippen LogP contribution in [-0.4, -0.2) is 53.9 Å². The lowest BCUT2D eigenvalue weighted by Crippen LogP contribution is -2.37. The predicted molar refractivity (Wildman–Crippen MR) is 128 cm³/mol. The molecule has 0 atom stereocenters. The fourth-order valence-electron chi connectivity index (χ4n) is 4.00. The molecule has 33 heavy (non-hydrogen) atoms. The zero-order chi connectivity index (χ0) is 24.7. The molecule has 1 aromatic carbocycles. The number of aromatic nitrogens is 1. The normalized spacial score (nSPS) is 10.9. The van der Waals surface area contributed by atoms with Gasteiger partial charge in [-0.1, -0.05) is 13.8 Å². The number of carbonyl (C=O) groups excluding carboxylic acids is 3. The second-order valence-corrected chi connectivity index (χ2v) is 8.46. The highest BCUT2D eigenvalue weighted by Crippen LogP contribution is 2.25. The molecule has 0 aliphatic heterocycles. The second kappa shape index (κ2) is 11.7. The molecule has 2 aromatic rings. The Morgan fingerprint density at radius 2 is 1.70 bits per heavy atom. The molecule has 0 fully saturated rings. The largest absolute Gasteiger partial charge is 0.497 e. The molecule has 180 valence electrons. The summed E-state index contributed by atoms with van der Waals surface area (Å²) >= 11 is 0. The van der Waals surface area contributed by atoms with Gasteiger partial charge in [-0.25, -0.2) is 4.79 Å². The molecule has 2 rings (SSSR count). The molecular formula is C26H36N2O5. The molecule has 7 heteroatoms. The van der Waals surface area contributed by atoms with Gasteiger partial charge in [0.2, 0.25) is 0 Å². The number of ketones is 1. The molecule has 1 amide bonds. The van der Waals surface area contributed by atoms with Crippen LogP contribution in [0.5, 0.6) is 5.75 Å². The van der Waals surface area contributed by atoms with Gasteiger partial charge in [-0.15, -0.1) is 0 Å². The first-order chi connectivity index (χ1) is 15.7. The fraction of sp³-hybridized carbons (Fsp3) is 0.500. The Hall–Kier alpha value is -3.09. The Morgan fingerprint density at radius 1 is 1.06 bits per heavy atom. The van der Waals surface area contributed by atoms with E-state index in [4.69, 9.17) is 9.47 Å². The number of esters is 1. The van der Waals surface area contributed by atoms with Gasteiger partial charge in [0.1, 0.15) is 11.4 Å². The Bertz CT molecular complexity index is 989. The van der Waals surface area contributed by atoms with Crippen LogP contribution < -0.4 is 4.74 Å². The van der Waals surface area contributed by atoms with Crippen molar-refractivity contribution < 1.29 is 23.9 Å². The standard InChI is InChI=1S/C26H36N2O5/c1-8-28-19(6)23(18(5)24(28)26(31)33-9-2)22(29)16-27(15-14-17(3)4)25(30)20-10-12-21(32-7)13-11-20/h10-13,17H,8-9,14-16H2,1-7H3. The van der Waals surface area contributed by atoms with E-state index >= 15 is 0 Å². The third-order valence-electron chi connectivity index (χ3n) is 5.77. The number of nitrogens with zero attached hydrogens (tertiary/aromatic N) is 2. The highest BCUT2D eigenvalue weighted by Gasteiger charge is 2.28. The van der Waals surface area contributed by atoms with Crippen LogP contribution in [-0.2, 0) is 11.3 Å². The average molecular weight is 457 g/mol. The van der Waals surface area contributed by atoms with Gasteiger partial charge in [-0.3, -0.25) is 9.59 Å². The number of hydrogen-bond acceptors (Lipinski definition) is 5. The van der Waals surface area contributed by atoms with E-state index in [1.165, 1.54) is 0 Å². The van der Waals surface area contributed by atoms with Gasteiger partial charge in [0.25, 0.3) is 5.91 Å². The number of benzene rings is 1. The summed E-state index contributed by atoms with van der Waals surface area (Å²) < 4.78 is 12.2. The number of methoxy groups -OCH3 is 1. The first kappa shape index (κ1) is 26.2. The van der Waals surface area contributed by atoms with Crippen LogP contribution in [0.1, 0.15) is 76.6 Å². The van der Waals surface area contributed by atoms with E-state index in [1.807, 2.05) is 18.4 Å². The van der Waals surface area contributed by atoms with E-state index in [0.29, 0.717) is 52.8 Å². The molecule has 0 bridgehead atoms. The van der Waals surface area contributed by atoms with E-state index < -0.39 is 5.97 Å². The summed E-state index contributed by atoms with van der Waals surface area (Å²) in [5.74, 6) is 0.210. The van der Waals surface area contributed by atoms with Crippen molar-refractivity contribution in [1.82, 2.24) is 9.47 Å². The van der Waals surface area contributed by atoms with Crippen molar-refractivity contribution in [3.8, 4) is 5.75 Å². The molecule has 0 aliphatic rings. The van der Waals surface area contributed by atoms with Crippen molar-refractivity contribution >= 4 is 17.7 Å². The van der Waals surface area contributed by atoms with Gasteiger partial charge in [0.05, 0.1) is 20.3 Å². The molecule has 0 spiro atoms. The van der Waals surface area contributed by atoms with Crippen LogP contribution in [0.15, 0.2) is 24.3 Å². The van der Waals surface area contributed by atoms with Crippen LogP contribution in [0, 0.1) is 19.8 Å². The number of hydrogen-bond donors (Lipinski definition) is 0. The maximum atomic E-state index is 13.5. The van der Waals surface area contributed by atoms with Crippen molar-refractivity contribution in [2.75, 3.05) is 26.8 Å². The zero-order valence-corrected chi connectivity index (χ0v) is 20.9. The smallest absolute Gasteiger partial charge is 0.355 e.